The molecular formula is C14H24N2OS. The van der Waals surface area contributed by atoms with Crippen LogP contribution in [0.2, 0.25) is 0 Å². The van der Waals surface area contributed by atoms with Gasteiger partial charge >= 0.3 is 0 Å². The van der Waals surface area contributed by atoms with Gasteiger partial charge in [0.2, 0.25) is 0 Å². The lowest BCUT2D eigenvalue weighted by Crippen LogP contribution is -2.42. The molecular weight excluding hydrogens is 244 g/mol. The largest absolute Gasteiger partial charge is 0.377 e. The Balaban J connectivity index is 1.85. The molecule has 1 aliphatic carbocycles. The zero-order valence-corrected chi connectivity index (χ0v) is 12.3. The summed E-state index contributed by atoms with van der Waals surface area (Å²) >= 11 is 2.06. The third kappa shape index (κ3) is 3.20. The minimum atomic E-state index is -0.254. The average Bonchev–Trinajstić information content (AvgIpc) is 2.96. The zero-order valence-electron chi connectivity index (χ0n) is 11.4. The van der Waals surface area contributed by atoms with Gasteiger partial charge in [0.05, 0.1) is 12.2 Å². The summed E-state index contributed by atoms with van der Waals surface area (Å²) in [5.74, 6) is 0. The molecule has 3 nitrogen and oxygen atoms in total. The van der Waals surface area contributed by atoms with E-state index in [1.807, 2.05) is 0 Å². The van der Waals surface area contributed by atoms with E-state index in [1.54, 1.807) is 0 Å². The van der Waals surface area contributed by atoms with Crippen LogP contribution in [0.4, 0.5) is 0 Å². The highest BCUT2D eigenvalue weighted by Gasteiger charge is 2.41. The van der Waals surface area contributed by atoms with Gasteiger partial charge in [0, 0.05) is 17.1 Å². The Labute approximate surface area is 115 Å². The van der Waals surface area contributed by atoms with Gasteiger partial charge in [-0.1, -0.05) is 6.92 Å². The first-order chi connectivity index (χ1) is 8.69. The molecule has 1 saturated carbocycles. The molecule has 0 amide bonds. The first-order valence-corrected chi connectivity index (χ1v) is 8.07. The van der Waals surface area contributed by atoms with Crippen LogP contribution >= 0.6 is 11.8 Å². The van der Waals surface area contributed by atoms with Gasteiger partial charge in [-0.15, -0.1) is 0 Å². The highest BCUT2D eigenvalue weighted by Crippen LogP contribution is 2.41. The summed E-state index contributed by atoms with van der Waals surface area (Å²) < 4.78 is 5.62. The molecule has 4 heteroatoms. The Bertz CT molecular complexity index is 317. The van der Waals surface area contributed by atoms with Gasteiger partial charge in [0.15, 0.2) is 0 Å². The van der Waals surface area contributed by atoms with Crippen molar-refractivity contribution in [2.75, 3.05) is 13.2 Å². The normalized spacial score (nSPS) is 39.9. The van der Waals surface area contributed by atoms with Gasteiger partial charge in [-0.3, -0.25) is 5.32 Å². The van der Waals surface area contributed by atoms with Gasteiger partial charge in [0.1, 0.15) is 5.54 Å². The van der Waals surface area contributed by atoms with E-state index in [-0.39, 0.29) is 5.54 Å². The Morgan fingerprint density at radius 3 is 2.94 bits per heavy atom. The molecule has 2 aliphatic rings. The van der Waals surface area contributed by atoms with Gasteiger partial charge in [-0.2, -0.15) is 17.0 Å². The van der Waals surface area contributed by atoms with Crippen LogP contribution in [0.15, 0.2) is 0 Å². The van der Waals surface area contributed by atoms with E-state index < -0.39 is 0 Å². The van der Waals surface area contributed by atoms with E-state index in [0.29, 0.717) is 16.6 Å². The van der Waals surface area contributed by atoms with Crippen LogP contribution in [0.3, 0.4) is 0 Å². The third-order valence-electron chi connectivity index (χ3n) is 4.07. The van der Waals surface area contributed by atoms with E-state index in [9.17, 15) is 5.26 Å². The minimum Gasteiger partial charge on any atom is -0.377 e. The Hall–Kier alpha value is -0.240. The van der Waals surface area contributed by atoms with E-state index in [4.69, 9.17) is 4.74 Å². The molecule has 1 aliphatic heterocycles. The molecule has 0 bridgehead atoms. The number of thioether (sulfide) groups is 1. The van der Waals surface area contributed by atoms with Crippen LogP contribution < -0.4 is 5.32 Å². The molecule has 102 valence electrons. The second-order valence-corrected chi connectivity index (χ2v) is 7.07. The lowest BCUT2D eigenvalue weighted by Gasteiger charge is -2.23. The van der Waals surface area contributed by atoms with Crippen molar-refractivity contribution >= 4 is 11.8 Å². The molecule has 2 rings (SSSR count). The molecule has 4 unspecified atom stereocenters. The summed E-state index contributed by atoms with van der Waals surface area (Å²) in [5.41, 5.74) is -0.254. The predicted octanol–water partition coefficient (Wildman–Crippen LogP) is 2.71. The van der Waals surface area contributed by atoms with E-state index in [0.717, 1.165) is 38.8 Å². The molecule has 0 aromatic carbocycles. The van der Waals surface area contributed by atoms with Crippen molar-refractivity contribution in [2.45, 2.75) is 68.1 Å². The zero-order chi connectivity index (χ0) is 13.0. The van der Waals surface area contributed by atoms with Crippen LogP contribution in [-0.2, 0) is 4.74 Å². The van der Waals surface area contributed by atoms with Crippen LogP contribution in [-0.4, -0.2) is 35.3 Å². The van der Waals surface area contributed by atoms with Gasteiger partial charge < -0.3 is 4.74 Å². The van der Waals surface area contributed by atoms with Crippen molar-refractivity contribution in [3.05, 3.63) is 0 Å². The van der Waals surface area contributed by atoms with Crippen molar-refractivity contribution in [3.8, 4) is 6.07 Å². The number of nitriles is 1. The molecule has 18 heavy (non-hydrogen) atoms. The number of rotatable bonds is 5. The van der Waals surface area contributed by atoms with Crippen molar-refractivity contribution in [1.82, 2.24) is 5.32 Å². The van der Waals surface area contributed by atoms with Gasteiger partial charge in [0.25, 0.3) is 0 Å². The summed E-state index contributed by atoms with van der Waals surface area (Å²) in [4.78, 5) is 0. The molecule has 1 heterocycles. The fraction of sp³-hybridized carbons (Fsp3) is 0.929. The molecule has 0 spiro atoms. The Kier molecular flexibility index (Phi) is 4.94. The smallest absolute Gasteiger partial charge is 0.107 e. The second-order valence-electron chi connectivity index (χ2n) is 5.52. The number of ether oxygens (including phenoxy) is 1. The summed E-state index contributed by atoms with van der Waals surface area (Å²) in [6.07, 6.45) is 5.81. The van der Waals surface area contributed by atoms with Crippen molar-refractivity contribution in [3.63, 3.8) is 0 Å². The third-order valence-corrected chi connectivity index (χ3v) is 5.83. The molecule has 0 aromatic rings. The van der Waals surface area contributed by atoms with Crippen molar-refractivity contribution < 1.29 is 4.74 Å². The maximum Gasteiger partial charge on any atom is 0.107 e. The molecule has 1 N–H and O–H groups in total. The van der Waals surface area contributed by atoms with Gasteiger partial charge in [-0.25, -0.2) is 0 Å². The van der Waals surface area contributed by atoms with Crippen LogP contribution in [0.1, 0.15) is 46.0 Å². The summed E-state index contributed by atoms with van der Waals surface area (Å²) in [6, 6.07) is 2.52. The standard InChI is InChI=1S/C14H24N2OS/c1-3-7-16-14(10-15)6-4-12(9-14)18-13-5-8-17-11(13)2/h11-13,16H,3-9H2,1-2H3. The Morgan fingerprint density at radius 1 is 1.50 bits per heavy atom. The summed E-state index contributed by atoms with van der Waals surface area (Å²) in [6.45, 7) is 6.18. The first kappa shape index (κ1) is 14.2. The monoisotopic (exact) mass is 268 g/mol. The maximum absolute atomic E-state index is 9.43. The van der Waals surface area contributed by atoms with Crippen LogP contribution in [0, 0.1) is 11.3 Å². The van der Waals surface area contributed by atoms with Crippen LogP contribution in [0.25, 0.3) is 0 Å². The molecule has 4 atom stereocenters. The van der Waals surface area contributed by atoms with E-state index in [2.05, 4.69) is 37.0 Å². The lowest BCUT2D eigenvalue weighted by atomic mass is 10.00. The van der Waals surface area contributed by atoms with E-state index in [1.165, 1.54) is 6.42 Å². The molecule has 0 aromatic heterocycles. The first-order valence-electron chi connectivity index (χ1n) is 7.12. The van der Waals surface area contributed by atoms with Gasteiger partial charge in [-0.05, 0) is 45.6 Å². The molecule has 0 radical (unpaired) electrons. The Morgan fingerprint density at radius 2 is 2.33 bits per heavy atom. The molecule has 1 saturated heterocycles. The summed E-state index contributed by atoms with van der Waals surface area (Å²) in [7, 11) is 0. The summed E-state index contributed by atoms with van der Waals surface area (Å²) in [5, 5.41) is 14.1. The highest BCUT2D eigenvalue weighted by molar-refractivity contribution is 8.00. The van der Waals surface area contributed by atoms with Crippen LogP contribution in [0.5, 0.6) is 0 Å². The topological polar surface area (TPSA) is 45.0 Å². The van der Waals surface area contributed by atoms with Crippen molar-refractivity contribution in [2.24, 2.45) is 0 Å². The number of nitrogens with one attached hydrogen (secondary N) is 1. The lowest BCUT2D eigenvalue weighted by molar-refractivity contribution is 0.127. The number of nitrogens with zero attached hydrogens (tertiary/aromatic N) is 1. The van der Waals surface area contributed by atoms with Crippen molar-refractivity contribution in [1.29, 1.82) is 5.26 Å². The van der Waals surface area contributed by atoms with E-state index >= 15 is 0 Å². The maximum atomic E-state index is 9.43. The minimum absolute atomic E-state index is 0.254. The second kappa shape index (κ2) is 6.27. The number of hydrogen-bond acceptors (Lipinski definition) is 4. The molecule has 2 fully saturated rings. The SMILES string of the molecule is CCCNC1(C#N)CCC(SC2CCOC2C)C1. The highest BCUT2D eigenvalue weighted by atomic mass is 32.2. The average molecular weight is 268 g/mol. The fourth-order valence-electron chi connectivity index (χ4n) is 2.92. The predicted molar refractivity (Wildman–Crippen MR) is 75.7 cm³/mol. The quantitative estimate of drug-likeness (QED) is 0.832. The number of hydrogen-bond donors (Lipinski definition) is 1. The fourth-order valence-corrected chi connectivity index (χ4v) is 4.58.